The van der Waals surface area contributed by atoms with E-state index in [1.54, 1.807) is 38.7 Å². The SMILES string of the molecule is COc1cc(CCc2cnc(Nc3ccc(N4CCC(N5CCNCC5)CC4)c(OC)c3)nc2)c(F)c(OC)c1. The molecule has 9 nitrogen and oxygen atoms in total. The summed E-state index contributed by atoms with van der Waals surface area (Å²) in [7, 11) is 4.71. The molecule has 0 unspecified atom stereocenters. The van der Waals surface area contributed by atoms with Gasteiger partial charge in [0.1, 0.15) is 11.5 Å². The number of aryl methyl sites for hydroxylation is 2. The van der Waals surface area contributed by atoms with Gasteiger partial charge in [-0.3, -0.25) is 4.90 Å². The summed E-state index contributed by atoms with van der Waals surface area (Å²) in [6.07, 6.45) is 6.92. The van der Waals surface area contributed by atoms with Crippen LogP contribution in [0.4, 0.5) is 21.7 Å². The molecule has 0 bridgehead atoms. The number of piperidine rings is 1. The van der Waals surface area contributed by atoms with E-state index in [1.165, 1.54) is 20.0 Å². The lowest BCUT2D eigenvalue weighted by Crippen LogP contribution is -2.52. The minimum atomic E-state index is -0.371. The van der Waals surface area contributed by atoms with Crippen molar-refractivity contribution in [1.29, 1.82) is 0 Å². The van der Waals surface area contributed by atoms with Gasteiger partial charge in [-0.1, -0.05) is 0 Å². The van der Waals surface area contributed by atoms with Crippen LogP contribution >= 0.6 is 0 Å². The zero-order valence-corrected chi connectivity index (χ0v) is 23.6. The van der Waals surface area contributed by atoms with Crippen LogP contribution in [0.15, 0.2) is 42.7 Å². The van der Waals surface area contributed by atoms with Crippen molar-refractivity contribution in [2.24, 2.45) is 0 Å². The molecule has 2 aromatic carbocycles. The monoisotopic (exact) mass is 550 g/mol. The topological polar surface area (TPSA) is 84.0 Å². The Balaban J connectivity index is 1.18. The number of piperazine rings is 1. The molecule has 2 aliphatic heterocycles. The summed E-state index contributed by atoms with van der Waals surface area (Å²) in [5, 5.41) is 6.72. The molecular formula is C30H39FN6O3. The maximum absolute atomic E-state index is 14.7. The predicted octanol–water partition coefficient (Wildman–Crippen LogP) is 4.04. The van der Waals surface area contributed by atoms with Crippen LogP contribution in [0.5, 0.6) is 17.2 Å². The van der Waals surface area contributed by atoms with Gasteiger partial charge in [0.25, 0.3) is 0 Å². The first-order valence-corrected chi connectivity index (χ1v) is 13.9. The van der Waals surface area contributed by atoms with E-state index in [2.05, 4.69) is 36.5 Å². The zero-order valence-electron chi connectivity index (χ0n) is 23.6. The fourth-order valence-electron chi connectivity index (χ4n) is 5.57. The molecule has 2 fully saturated rings. The highest BCUT2D eigenvalue weighted by Crippen LogP contribution is 2.34. The van der Waals surface area contributed by atoms with Gasteiger partial charge in [0.15, 0.2) is 11.6 Å². The van der Waals surface area contributed by atoms with Crippen molar-refractivity contribution in [2.75, 3.05) is 70.8 Å². The zero-order chi connectivity index (χ0) is 27.9. The third-order valence-electron chi connectivity index (χ3n) is 7.84. The number of methoxy groups -OCH3 is 3. The van der Waals surface area contributed by atoms with Gasteiger partial charge in [0, 0.05) is 75.5 Å². The van der Waals surface area contributed by atoms with Gasteiger partial charge in [-0.05, 0) is 55.0 Å². The van der Waals surface area contributed by atoms with Crippen molar-refractivity contribution in [2.45, 2.75) is 31.7 Å². The molecule has 0 saturated carbocycles. The van der Waals surface area contributed by atoms with Gasteiger partial charge in [0.05, 0.1) is 27.0 Å². The van der Waals surface area contributed by atoms with Crippen molar-refractivity contribution in [3.8, 4) is 17.2 Å². The highest BCUT2D eigenvalue weighted by molar-refractivity contribution is 5.67. The van der Waals surface area contributed by atoms with E-state index in [0.717, 1.165) is 62.0 Å². The quantitative estimate of drug-likeness (QED) is 0.389. The summed E-state index contributed by atoms with van der Waals surface area (Å²) < 4.78 is 30.8. The average Bonchev–Trinajstić information content (AvgIpc) is 3.01. The number of hydrogen-bond acceptors (Lipinski definition) is 9. The van der Waals surface area contributed by atoms with Crippen molar-refractivity contribution < 1.29 is 18.6 Å². The van der Waals surface area contributed by atoms with Gasteiger partial charge in [-0.15, -0.1) is 0 Å². The maximum atomic E-state index is 14.7. The second kappa shape index (κ2) is 13.1. The summed E-state index contributed by atoms with van der Waals surface area (Å²) in [5.41, 5.74) is 3.40. The second-order valence-corrected chi connectivity index (χ2v) is 10.2. The largest absolute Gasteiger partial charge is 0.497 e. The number of halogens is 1. The molecule has 2 saturated heterocycles. The van der Waals surface area contributed by atoms with Gasteiger partial charge in [-0.2, -0.15) is 0 Å². The van der Waals surface area contributed by atoms with Crippen LogP contribution in [-0.4, -0.2) is 81.5 Å². The molecule has 2 N–H and O–H groups in total. The lowest BCUT2D eigenvalue weighted by Gasteiger charge is -2.41. The highest BCUT2D eigenvalue weighted by atomic mass is 19.1. The van der Waals surface area contributed by atoms with E-state index in [-0.39, 0.29) is 11.6 Å². The molecule has 2 aliphatic rings. The van der Waals surface area contributed by atoms with Crippen LogP contribution in [0.2, 0.25) is 0 Å². The lowest BCUT2D eigenvalue weighted by molar-refractivity contribution is 0.150. The molecule has 3 aromatic rings. The molecule has 0 atom stereocenters. The number of aromatic nitrogens is 2. The summed E-state index contributed by atoms with van der Waals surface area (Å²) in [6.45, 7) is 6.52. The van der Waals surface area contributed by atoms with Crippen molar-refractivity contribution >= 4 is 17.3 Å². The van der Waals surface area contributed by atoms with Crippen molar-refractivity contribution in [1.82, 2.24) is 20.2 Å². The van der Waals surface area contributed by atoms with E-state index in [0.29, 0.717) is 36.1 Å². The number of hydrogen-bond donors (Lipinski definition) is 2. The molecule has 1 aromatic heterocycles. The Morgan fingerprint density at radius 1 is 0.900 bits per heavy atom. The van der Waals surface area contributed by atoms with Crippen molar-refractivity contribution in [3.05, 3.63) is 59.7 Å². The van der Waals surface area contributed by atoms with E-state index < -0.39 is 0 Å². The highest BCUT2D eigenvalue weighted by Gasteiger charge is 2.26. The van der Waals surface area contributed by atoms with E-state index in [1.807, 2.05) is 12.1 Å². The van der Waals surface area contributed by atoms with Crippen LogP contribution < -0.4 is 29.7 Å². The van der Waals surface area contributed by atoms with Gasteiger partial charge >= 0.3 is 0 Å². The number of anilines is 3. The molecule has 0 spiro atoms. The average molecular weight is 551 g/mol. The minimum absolute atomic E-state index is 0.172. The Bertz CT molecular complexity index is 1260. The summed E-state index contributed by atoms with van der Waals surface area (Å²) in [6, 6.07) is 10.0. The normalized spacial score (nSPS) is 16.6. The van der Waals surface area contributed by atoms with Gasteiger partial charge in [0.2, 0.25) is 5.95 Å². The predicted molar refractivity (Wildman–Crippen MR) is 155 cm³/mol. The van der Waals surface area contributed by atoms with Crippen LogP contribution in [0.3, 0.4) is 0 Å². The van der Waals surface area contributed by atoms with E-state index in [9.17, 15) is 4.39 Å². The van der Waals surface area contributed by atoms with Crippen LogP contribution in [-0.2, 0) is 12.8 Å². The molecule has 0 aliphatic carbocycles. The van der Waals surface area contributed by atoms with Crippen LogP contribution in [0, 0.1) is 5.82 Å². The molecule has 214 valence electrons. The summed E-state index contributed by atoms with van der Waals surface area (Å²) in [5.74, 6) is 1.68. The number of rotatable bonds is 10. The minimum Gasteiger partial charge on any atom is -0.497 e. The fourth-order valence-corrected chi connectivity index (χ4v) is 5.57. The molecule has 10 heteroatoms. The number of ether oxygens (including phenoxy) is 3. The number of nitrogens with zero attached hydrogens (tertiary/aromatic N) is 4. The van der Waals surface area contributed by atoms with Crippen LogP contribution in [0.1, 0.15) is 24.0 Å². The maximum Gasteiger partial charge on any atom is 0.227 e. The number of nitrogens with one attached hydrogen (secondary N) is 2. The molecular weight excluding hydrogens is 511 g/mol. The van der Waals surface area contributed by atoms with Gasteiger partial charge in [-0.25, -0.2) is 14.4 Å². The number of benzene rings is 2. The first-order valence-electron chi connectivity index (χ1n) is 13.9. The third-order valence-corrected chi connectivity index (χ3v) is 7.84. The third kappa shape index (κ3) is 6.56. The molecule has 5 rings (SSSR count). The Labute approximate surface area is 235 Å². The lowest BCUT2D eigenvalue weighted by atomic mass is 10.0. The van der Waals surface area contributed by atoms with Crippen molar-refractivity contribution in [3.63, 3.8) is 0 Å². The Morgan fingerprint density at radius 2 is 1.62 bits per heavy atom. The Morgan fingerprint density at radius 3 is 2.30 bits per heavy atom. The first kappa shape index (κ1) is 27.9. The molecule has 0 amide bonds. The fraction of sp³-hybridized carbons (Fsp3) is 0.467. The standard InChI is InChI=1S/C30H39FN6O3/c1-38-25-16-22(29(31)28(18-25)40-3)5-4-21-19-33-30(34-20-21)35-23-6-7-26(27(17-23)39-2)37-12-8-24(9-13-37)36-14-10-32-11-15-36/h6-7,16-20,24,32H,4-5,8-15H2,1-3H3,(H,33,34,35). The van der Waals surface area contributed by atoms with E-state index >= 15 is 0 Å². The van der Waals surface area contributed by atoms with Crippen LogP contribution in [0.25, 0.3) is 0 Å². The summed E-state index contributed by atoms with van der Waals surface area (Å²) >= 11 is 0. The molecule has 3 heterocycles. The molecule has 0 radical (unpaired) electrons. The van der Waals surface area contributed by atoms with E-state index in [4.69, 9.17) is 14.2 Å². The summed E-state index contributed by atoms with van der Waals surface area (Å²) in [4.78, 5) is 14.0. The Hall–Kier alpha value is -3.63. The smallest absolute Gasteiger partial charge is 0.227 e. The first-order chi connectivity index (χ1) is 19.6. The second-order valence-electron chi connectivity index (χ2n) is 10.2. The molecule has 40 heavy (non-hydrogen) atoms. The van der Waals surface area contributed by atoms with Gasteiger partial charge < -0.3 is 29.7 Å². The Kier molecular flexibility index (Phi) is 9.18.